The van der Waals surface area contributed by atoms with Gasteiger partial charge in [-0.2, -0.15) is 5.26 Å². The van der Waals surface area contributed by atoms with Crippen LogP contribution in [0.5, 0.6) is 0 Å². The molecular formula is C27H30N4O2S2. The monoisotopic (exact) mass is 506 g/mol. The second-order valence-electron chi connectivity index (χ2n) is 8.96. The number of hydrogen-bond donors (Lipinski definition) is 0. The van der Waals surface area contributed by atoms with Crippen LogP contribution >= 0.6 is 24.0 Å². The van der Waals surface area contributed by atoms with Crippen molar-refractivity contribution < 1.29 is 4.79 Å². The van der Waals surface area contributed by atoms with Gasteiger partial charge < -0.3 is 4.90 Å². The molecule has 1 aromatic heterocycles. The highest BCUT2D eigenvalue weighted by Crippen LogP contribution is 2.37. The predicted molar refractivity (Wildman–Crippen MR) is 146 cm³/mol. The number of anilines is 1. The minimum absolute atomic E-state index is 0.141. The summed E-state index contributed by atoms with van der Waals surface area (Å²) in [6, 6.07) is 11.9. The highest BCUT2D eigenvalue weighted by atomic mass is 32.2. The van der Waals surface area contributed by atoms with Crippen molar-refractivity contribution in [1.82, 2.24) is 9.47 Å². The molecule has 0 saturated carbocycles. The molecule has 1 aromatic carbocycles. The lowest BCUT2D eigenvalue weighted by molar-refractivity contribution is -0.122. The maximum Gasteiger partial charge on any atom is 0.270 e. The number of pyridine rings is 1. The Kier molecular flexibility index (Phi) is 8.09. The minimum atomic E-state index is -0.243. The molecule has 4 rings (SSSR count). The van der Waals surface area contributed by atoms with E-state index in [0.29, 0.717) is 27.9 Å². The van der Waals surface area contributed by atoms with Gasteiger partial charge in [0, 0.05) is 25.2 Å². The van der Waals surface area contributed by atoms with Crippen molar-refractivity contribution in [3.63, 3.8) is 0 Å². The molecule has 0 unspecified atom stereocenters. The second-order valence-corrected chi connectivity index (χ2v) is 10.6. The Labute approximate surface area is 216 Å². The summed E-state index contributed by atoms with van der Waals surface area (Å²) in [6.45, 7) is 6.57. The van der Waals surface area contributed by atoms with Gasteiger partial charge in [-0.1, -0.05) is 67.7 Å². The third-order valence-corrected chi connectivity index (χ3v) is 7.95. The average molecular weight is 507 g/mol. The molecule has 2 saturated heterocycles. The summed E-state index contributed by atoms with van der Waals surface area (Å²) in [4.78, 5) is 31.1. The fourth-order valence-corrected chi connectivity index (χ4v) is 5.88. The van der Waals surface area contributed by atoms with Crippen molar-refractivity contribution >= 4 is 46.1 Å². The maximum atomic E-state index is 13.4. The number of nitriles is 1. The van der Waals surface area contributed by atoms with E-state index in [0.717, 1.165) is 55.7 Å². The molecule has 0 aliphatic carbocycles. The topological polar surface area (TPSA) is 69.3 Å². The fourth-order valence-electron chi connectivity index (χ4n) is 4.65. The number of unbranched alkanes of at least 4 members (excludes halogenated alkanes) is 1. The first kappa shape index (κ1) is 25.2. The molecule has 0 bridgehead atoms. The van der Waals surface area contributed by atoms with Gasteiger partial charge in [0.05, 0.1) is 11.4 Å². The van der Waals surface area contributed by atoms with E-state index in [1.54, 1.807) is 9.47 Å². The van der Waals surface area contributed by atoms with Crippen LogP contribution in [0.3, 0.4) is 0 Å². The number of aromatic nitrogens is 1. The largest absolute Gasteiger partial charge is 0.357 e. The van der Waals surface area contributed by atoms with Gasteiger partial charge in [0.25, 0.3) is 11.5 Å². The molecule has 2 aliphatic rings. The van der Waals surface area contributed by atoms with E-state index < -0.39 is 0 Å². The van der Waals surface area contributed by atoms with Crippen LogP contribution < -0.4 is 10.5 Å². The summed E-state index contributed by atoms with van der Waals surface area (Å²) in [6.07, 6.45) is 6.91. The first-order valence-electron chi connectivity index (χ1n) is 12.2. The van der Waals surface area contributed by atoms with Crippen LogP contribution in [-0.4, -0.2) is 32.8 Å². The number of rotatable bonds is 7. The van der Waals surface area contributed by atoms with E-state index in [2.05, 4.69) is 17.9 Å². The smallest absolute Gasteiger partial charge is 0.270 e. The van der Waals surface area contributed by atoms with Gasteiger partial charge in [-0.15, -0.1) is 0 Å². The highest BCUT2D eigenvalue weighted by molar-refractivity contribution is 8.26. The summed E-state index contributed by atoms with van der Waals surface area (Å²) in [5.74, 6) is 0.686. The van der Waals surface area contributed by atoms with Gasteiger partial charge in [0.15, 0.2) is 0 Å². The van der Waals surface area contributed by atoms with E-state index in [9.17, 15) is 14.9 Å². The Morgan fingerprint density at radius 1 is 1.14 bits per heavy atom. The van der Waals surface area contributed by atoms with Gasteiger partial charge in [-0.05, 0) is 49.8 Å². The highest BCUT2D eigenvalue weighted by Gasteiger charge is 2.33. The Bertz CT molecular complexity index is 1250. The predicted octanol–water partition coefficient (Wildman–Crippen LogP) is 5.22. The average Bonchev–Trinajstić information content (AvgIpc) is 3.13. The molecule has 8 heteroatoms. The van der Waals surface area contributed by atoms with Crippen molar-refractivity contribution in [2.24, 2.45) is 0 Å². The normalized spacial score (nSPS) is 17.3. The molecule has 3 heterocycles. The Morgan fingerprint density at radius 3 is 2.51 bits per heavy atom. The lowest BCUT2D eigenvalue weighted by Crippen LogP contribution is -2.37. The lowest BCUT2D eigenvalue weighted by atomic mass is 10.0. The zero-order valence-corrected chi connectivity index (χ0v) is 21.9. The fraction of sp³-hybridized carbons (Fsp3) is 0.407. The SMILES string of the molecule is CCCCn1c(N2CCCCC2)c(/C=C2\SC(=S)N(Cc3ccccc3)C2=O)c(C)c(C#N)c1=O. The molecular weight excluding hydrogens is 476 g/mol. The van der Waals surface area contributed by atoms with Crippen LogP contribution in [-0.2, 0) is 17.9 Å². The first-order chi connectivity index (χ1) is 17.0. The molecule has 2 fully saturated rings. The number of amides is 1. The molecule has 0 spiro atoms. The number of thiocarbonyl (C=S) groups is 1. The summed E-state index contributed by atoms with van der Waals surface area (Å²) < 4.78 is 2.28. The van der Waals surface area contributed by atoms with Gasteiger partial charge in [-0.3, -0.25) is 19.1 Å². The number of piperidine rings is 1. The van der Waals surface area contributed by atoms with Crippen LogP contribution in [0.4, 0.5) is 5.82 Å². The number of benzene rings is 1. The van der Waals surface area contributed by atoms with E-state index in [1.807, 2.05) is 43.3 Å². The standard InChI is InChI=1S/C27H30N4O2S2/c1-3-4-15-30-24(29-13-9-6-10-14-29)21(19(2)22(17-28)25(30)32)16-23-26(33)31(27(34)35-23)18-20-11-7-5-8-12-20/h5,7-8,11-12,16H,3-4,6,9-10,13-15,18H2,1-2H3/b23-16-. The van der Waals surface area contributed by atoms with Crippen LogP contribution in [0.15, 0.2) is 40.0 Å². The minimum Gasteiger partial charge on any atom is -0.357 e. The van der Waals surface area contributed by atoms with Crippen LogP contribution in [0.2, 0.25) is 0 Å². The molecule has 35 heavy (non-hydrogen) atoms. The van der Waals surface area contributed by atoms with Crippen molar-refractivity contribution in [3.05, 3.63) is 67.8 Å². The number of thioether (sulfide) groups is 1. The zero-order valence-electron chi connectivity index (χ0n) is 20.2. The van der Waals surface area contributed by atoms with Crippen LogP contribution in [0.25, 0.3) is 6.08 Å². The second kappa shape index (κ2) is 11.2. The number of carbonyl (C=O) groups is 1. The summed E-state index contributed by atoms with van der Waals surface area (Å²) in [5, 5.41) is 9.84. The van der Waals surface area contributed by atoms with Gasteiger partial charge >= 0.3 is 0 Å². The van der Waals surface area contributed by atoms with E-state index in [-0.39, 0.29) is 17.0 Å². The lowest BCUT2D eigenvalue weighted by Gasteiger charge is -2.33. The van der Waals surface area contributed by atoms with Crippen LogP contribution in [0, 0.1) is 18.3 Å². The third-order valence-electron chi connectivity index (χ3n) is 6.57. The third kappa shape index (κ3) is 5.21. The van der Waals surface area contributed by atoms with Gasteiger partial charge in [-0.25, -0.2) is 0 Å². The quantitative estimate of drug-likeness (QED) is 0.379. The molecule has 1 amide bonds. The zero-order chi connectivity index (χ0) is 24.9. The molecule has 2 aromatic rings. The number of carbonyl (C=O) groups excluding carboxylic acids is 1. The molecule has 0 N–H and O–H groups in total. The maximum absolute atomic E-state index is 13.4. The Balaban J connectivity index is 1.82. The first-order valence-corrected chi connectivity index (χ1v) is 13.4. The molecule has 0 radical (unpaired) electrons. The number of nitrogens with zero attached hydrogens (tertiary/aromatic N) is 4. The van der Waals surface area contributed by atoms with Crippen molar-refractivity contribution in [2.75, 3.05) is 18.0 Å². The van der Waals surface area contributed by atoms with E-state index in [1.165, 1.54) is 18.2 Å². The molecule has 6 nitrogen and oxygen atoms in total. The van der Waals surface area contributed by atoms with Crippen LogP contribution in [0.1, 0.15) is 61.3 Å². The Morgan fingerprint density at radius 2 is 1.86 bits per heavy atom. The van der Waals surface area contributed by atoms with Gasteiger partial charge in [0.2, 0.25) is 0 Å². The van der Waals surface area contributed by atoms with E-state index >= 15 is 0 Å². The summed E-state index contributed by atoms with van der Waals surface area (Å²) >= 11 is 6.84. The number of hydrogen-bond acceptors (Lipinski definition) is 6. The summed E-state index contributed by atoms with van der Waals surface area (Å²) in [5.41, 5.74) is 2.31. The molecule has 182 valence electrons. The van der Waals surface area contributed by atoms with Crippen molar-refractivity contribution in [3.8, 4) is 6.07 Å². The van der Waals surface area contributed by atoms with Gasteiger partial charge in [0.1, 0.15) is 21.8 Å². The van der Waals surface area contributed by atoms with Crippen molar-refractivity contribution in [1.29, 1.82) is 5.26 Å². The summed E-state index contributed by atoms with van der Waals surface area (Å²) in [7, 11) is 0. The molecule has 0 atom stereocenters. The van der Waals surface area contributed by atoms with E-state index in [4.69, 9.17) is 12.2 Å². The van der Waals surface area contributed by atoms with Crippen molar-refractivity contribution in [2.45, 2.75) is 59.0 Å². The molecule has 2 aliphatic heterocycles. The Hall–Kier alpha value is -2.89.